The first-order valence-corrected chi connectivity index (χ1v) is 13.6. The number of benzene rings is 2. The van der Waals surface area contributed by atoms with E-state index in [1.807, 2.05) is 33.8 Å². The maximum Gasteiger partial charge on any atom is 0.244 e. The molecule has 0 aliphatic heterocycles. The van der Waals surface area contributed by atoms with Crippen molar-refractivity contribution in [1.29, 1.82) is 0 Å². The molecule has 0 unspecified atom stereocenters. The molecule has 2 amide bonds. The Morgan fingerprint density at radius 3 is 2.29 bits per heavy atom. The van der Waals surface area contributed by atoms with E-state index in [0.717, 1.165) is 22.5 Å². The fourth-order valence-electron chi connectivity index (χ4n) is 3.57. The van der Waals surface area contributed by atoms with Gasteiger partial charge in [0.25, 0.3) is 0 Å². The monoisotopic (exact) mass is 507 g/mol. The highest BCUT2D eigenvalue weighted by Gasteiger charge is 2.32. The Kier molecular flexibility index (Phi) is 9.94. The van der Waals surface area contributed by atoms with Crippen molar-refractivity contribution in [2.24, 2.45) is 0 Å². The fourth-order valence-corrected chi connectivity index (χ4v) is 4.60. The minimum atomic E-state index is -3.76. The molecule has 34 heavy (non-hydrogen) atoms. The maximum absolute atomic E-state index is 13.6. The second-order valence-electron chi connectivity index (χ2n) is 8.46. The van der Waals surface area contributed by atoms with Crippen molar-refractivity contribution in [1.82, 2.24) is 10.2 Å². The quantitative estimate of drug-likeness (QED) is 0.495. The lowest BCUT2D eigenvalue weighted by Crippen LogP contribution is -2.53. The van der Waals surface area contributed by atoms with Crippen molar-refractivity contribution >= 4 is 39.1 Å². The molecular weight excluding hydrogens is 474 g/mol. The fraction of sp³-hybridized carbons (Fsp3) is 0.440. The Morgan fingerprint density at radius 1 is 1.06 bits per heavy atom. The van der Waals surface area contributed by atoms with E-state index in [9.17, 15) is 18.0 Å². The molecule has 0 bridgehead atoms. The summed E-state index contributed by atoms with van der Waals surface area (Å²) < 4.78 is 26.3. The molecule has 0 spiro atoms. The van der Waals surface area contributed by atoms with E-state index in [1.165, 1.54) is 4.90 Å². The number of carbonyl (C=O) groups is 2. The molecule has 0 aliphatic rings. The Hall–Kier alpha value is -2.58. The molecule has 0 aliphatic carbocycles. The molecule has 7 nitrogen and oxygen atoms in total. The predicted molar refractivity (Wildman–Crippen MR) is 137 cm³/mol. The molecule has 2 rings (SSSR count). The van der Waals surface area contributed by atoms with Crippen LogP contribution in [0.5, 0.6) is 0 Å². The van der Waals surface area contributed by atoms with E-state index < -0.39 is 28.5 Å². The molecule has 186 valence electrons. The van der Waals surface area contributed by atoms with Gasteiger partial charge in [-0.3, -0.25) is 13.9 Å². The molecule has 0 saturated carbocycles. The summed E-state index contributed by atoms with van der Waals surface area (Å²) >= 11 is 6.35. The summed E-state index contributed by atoms with van der Waals surface area (Å²) in [6.45, 7) is 7.18. The highest BCUT2D eigenvalue weighted by Crippen LogP contribution is 2.23. The van der Waals surface area contributed by atoms with Crippen LogP contribution in [0.15, 0.2) is 48.5 Å². The zero-order valence-electron chi connectivity index (χ0n) is 20.4. The lowest BCUT2D eigenvalue weighted by Gasteiger charge is -2.33. The lowest BCUT2D eigenvalue weighted by atomic mass is 10.1. The number of carbonyl (C=O) groups excluding carboxylic acids is 2. The first kappa shape index (κ1) is 27.7. The molecule has 0 aromatic heterocycles. The van der Waals surface area contributed by atoms with E-state index in [2.05, 4.69) is 5.32 Å². The van der Waals surface area contributed by atoms with E-state index in [-0.39, 0.29) is 18.5 Å². The van der Waals surface area contributed by atoms with Crippen LogP contribution in [-0.4, -0.2) is 50.0 Å². The van der Waals surface area contributed by atoms with Gasteiger partial charge in [-0.1, -0.05) is 55.8 Å². The van der Waals surface area contributed by atoms with Crippen molar-refractivity contribution in [3.8, 4) is 0 Å². The summed E-state index contributed by atoms with van der Waals surface area (Å²) in [7, 11) is -3.76. The summed E-state index contributed by atoms with van der Waals surface area (Å²) in [5.74, 6) is -0.767. The number of amides is 2. The Labute approximate surface area is 208 Å². The average molecular weight is 508 g/mol. The second-order valence-corrected chi connectivity index (χ2v) is 10.8. The highest BCUT2D eigenvalue weighted by atomic mass is 35.5. The third kappa shape index (κ3) is 7.46. The number of hydrogen-bond donors (Lipinski definition) is 1. The van der Waals surface area contributed by atoms with Crippen LogP contribution < -0.4 is 9.62 Å². The van der Waals surface area contributed by atoms with Gasteiger partial charge < -0.3 is 10.2 Å². The van der Waals surface area contributed by atoms with Crippen molar-refractivity contribution < 1.29 is 18.0 Å². The van der Waals surface area contributed by atoms with Crippen LogP contribution in [0.4, 0.5) is 5.69 Å². The number of rotatable bonds is 11. The first-order valence-electron chi connectivity index (χ1n) is 11.4. The van der Waals surface area contributed by atoms with Gasteiger partial charge in [-0.25, -0.2) is 8.42 Å². The molecule has 9 heteroatoms. The molecule has 0 radical (unpaired) electrons. The van der Waals surface area contributed by atoms with Crippen molar-refractivity contribution in [3.05, 3.63) is 64.7 Å². The summed E-state index contributed by atoms with van der Waals surface area (Å²) in [4.78, 5) is 28.1. The van der Waals surface area contributed by atoms with Crippen LogP contribution in [0.2, 0.25) is 5.02 Å². The van der Waals surface area contributed by atoms with E-state index in [0.29, 0.717) is 22.7 Å². The normalized spacial score (nSPS) is 13.1. The topological polar surface area (TPSA) is 86.8 Å². The minimum absolute atomic E-state index is 0.0568. The van der Waals surface area contributed by atoms with Crippen molar-refractivity contribution in [2.75, 3.05) is 17.1 Å². The third-order valence-corrected chi connectivity index (χ3v) is 7.16. The Morgan fingerprint density at radius 2 is 1.74 bits per heavy atom. The van der Waals surface area contributed by atoms with Gasteiger partial charge in [0.2, 0.25) is 21.8 Å². The summed E-state index contributed by atoms with van der Waals surface area (Å²) in [5.41, 5.74) is 1.94. The van der Waals surface area contributed by atoms with Gasteiger partial charge in [0, 0.05) is 17.6 Å². The van der Waals surface area contributed by atoms with Gasteiger partial charge in [0.15, 0.2) is 0 Å². The van der Waals surface area contributed by atoms with Gasteiger partial charge in [0.05, 0.1) is 11.9 Å². The lowest BCUT2D eigenvalue weighted by molar-refractivity contribution is -0.140. The third-order valence-electron chi connectivity index (χ3n) is 5.65. The molecular formula is C25H34ClN3O4S. The van der Waals surface area contributed by atoms with Gasteiger partial charge in [-0.05, 0) is 56.0 Å². The van der Waals surface area contributed by atoms with E-state index >= 15 is 0 Å². The van der Waals surface area contributed by atoms with Crippen molar-refractivity contribution in [3.63, 3.8) is 0 Å². The minimum Gasteiger partial charge on any atom is -0.352 e. The molecule has 1 N–H and O–H groups in total. The van der Waals surface area contributed by atoms with Gasteiger partial charge in [-0.15, -0.1) is 0 Å². The largest absolute Gasteiger partial charge is 0.352 e. The number of hydrogen-bond acceptors (Lipinski definition) is 4. The predicted octanol–water partition coefficient (Wildman–Crippen LogP) is 4.14. The number of nitrogens with zero attached hydrogens (tertiary/aromatic N) is 2. The number of anilines is 1. The van der Waals surface area contributed by atoms with E-state index in [1.54, 1.807) is 42.5 Å². The average Bonchev–Trinajstić information content (AvgIpc) is 2.77. The number of sulfonamides is 1. The standard InChI is InChI=1S/C25H34ClN3O4S/c1-6-19(4)27-25(31)23(7-2)28(16-20-12-8-9-14-22(20)26)24(30)17-29(34(5,32)33)21-13-10-11-18(3)15-21/h8-15,19,23H,6-7,16-17H2,1-5H3,(H,27,31)/t19-,23+/m1/s1. The first-order chi connectivity index (χ1) is 16.0. The van der Waals surface area contributed by atoms with Crippen LogP contribution in [0.25, 0.3) is 0 Å². The number of nitrogens with one attached hydrogen (secondary N) is 1. The summed E-state index contributed by atoms with van der Waals surface area (Å²) in [6, 6.07) is 13.2. The zero-order chi connectivity index (χ0) is 25.5. The Balaban J connectivity index is 2.45. The van der Waals surface area contributed by atoms with Gasteiger partial charge in [0.1, 0.15) is 12.6 Å². The molecule has 2 aromatic rings. The summed E-state index contributed by atoms with van der Waals surface area (Å²) in [6.07, 6.45) is 2.17. The van der Waals surface area contributed by atoms with Gasteiger partial charge in [-0.2, -0.15) is 0 Å². The van der Waals surface area contributed by atoms with Crippen molar-refractivity contribution in [2.45, 2.75) is 59.2 Å². The molecule has 0 heterocycles. The van der Waals surface area contributed by atoms with Crippen LogP contribution >= 0.6 is 11.6 Å². The van der Waals surface area contributed by atoms with Crippen LogP contribution in [0, 0.1) is 6.92 Å². The number of halogens is 1. The molecule has 2 atom stereocenters. The SMILES string of the molecule is CC[C@@H](C)NC(=O)[C@H](CC)N(Cc1ccccc1Cl)C(=O)CN(c1cccc(C)c1)S(C)(=O)=O. The Bertz CT molecular complexity index is 1110. The zero-order valence-corrected chi connectivity index (χ0v) is 22.0. The van der Waals surface area contributed by atoms with Crippen LogP contribution in [0.1, 0.15) is 44.7 Å². The molecule has 0 saturated heterocycles. The highest BCUT2D eigenvalue weighted by molar-refractivity contribution is 7.92. The second kappa shape index (κ2) is 12.2. The molecule has 0 fully saturated rings. The maximum atomic E-state index is 13.6. The molecule has 2 aromatic carbocycles. The smallest absolute Gasteiger partial charge is 0.244 e. The van der Waals surface area contributed by atoms with Crippen LogP contribution in [-0.2, 0) is 26.2 Å². The number of aryl methyl sites for hydroxylation is 1. The summed E-state index contributed by atoms with van der Waals surface area (Å²) in [5, 5.41) is 3.41. The van der Waals surface area contributed by atoms with Gasteiger partial charge >= 0.3 is 0 Å². The van der Waals surface area contributed by atoms with E-state index in [4.69, 9.17) is 11.6 Å². The van der Waals surface area contributed by atoms with Crippen LogP contribution in [0.3, 0.4) is 0 Å².